The number of hydrogen-bond donors (Lipinski definition) is 0. The van der Waals surface area contributed by atoms with Crippen molar-refractivity contribution < 1.29 is 90.3 Å². The first-order valence-corrected chi connectivity index (χ1v) is 18.6. The summed E-state index contributed by atoms with van der Waals surface area (Å²) in [6.07, 6.45) is 5.26. The number of esters is 6. The van der Waals surface area contributed by atoms with Crippen molar-refractivity contribution >= 4 is 35.8 Å². The second kappa shape index (κ2) is 35.2. The van der Waals surface area contributed by atoms with Crippen molar-refractivity contribution in [3.63, 3.8) is 0 Å². The molecule has 0 aromatic rings. The van der Waals surface area contributed by atoms with Gasteiger partial charge in [-0.1, -0.05) is 39.8 Å². The molecular formula is C40H60O19. The monoisotopic (exact) mass is 844 g/mol. The van der Waals surface area contributed by atoms with Gasteiger partial charge < -0.3 is 61.6 Å². The van der Waals surface area contributed by atoms with Gasteiger partial charge in [-0.2, -0.15) is 0 Å². The summed E-state index contributed by atoms with van der Waals surface area (Å²) in [4.78, 5) is 69.6. The van der Waals surface area contributed by atoms with Crippen LogP contribution >= 0.6 is 0 Å². The van der Waals surface area contributed by atoms with E-state index < -0.39 is 46.6 Å². The van der Waals surface area contributed by atoms with E-state index in [4.69, 9.17) is 61.6 Å². The van der Waals surface area contributed by atoms with Crippen molar-refractivity contribution in [1.29, 1.82) is 0 Å². The van der Waals surface area contributed by atoms with Gasteiger partial charge in [0.15, 0.2) is 0 Å². The number of hydrogen-bond acceptors (Lipinski definition) is 19. The molecule has 0 fully saturated rings. The van der Waals surface area contributed by atoms with Crippen molar-refractivity contribution in [3.8, 4) is 0 Å². The molecule has 0 N–H and O–H groups in total. The van der Waals surface area contributed by atoms with Gasteiger partial charge in [0.25, 0.3) is 0 Å². The Hall–Kier alpha value is -4.76. The maximum absolute atomic E-state index is 11.7. The van der Waals surface area contributed by atoms with E-state index >= 15 is 0 Å². The summed E-state index contributed by atoms with van der Waals surface area (Å²) in [5, 5.41) is 0. The maximum atomic E-state index is 11.7. The van der Waals surface area contributed by atoms with E-state index in [-0.39, 0.29) is 139 Å². The average molecular weight is 845 g/mol. The number of carbonyl (C=O) groups is 6. The SMILES string of the molecule is C=CC(=O)OCCOCC(COCCOC(=O)C=C)(COCCOC(=O)C=C)COCC(COCCOC(=O)C=C)(COCCOC(=O)C=C)COCCOC(=O)CC. The fourth-order valence-corrected chi connectivity index (χ4v) is 4.33. The molecule has 0 radical (unpaired) electrons. The highest BCUT2D eigenvalue weighted by atomic mass is 16.6. The molecule has 0 bridgehead atoms. The van der Waals surface area contributed by atoms with E-state index in [9.17, 15) is 28.8 Å². The molecular weight excluding hydrogens is 784 g/mol. The van der Waals surface area contributed by atoms with Gasteiger partial charge in [-0.05, 0) is 0 Å². The van der Waals surface area contributed by atoms with E-state index in [2.05, 4.69) is 32.9 Å². The van der Waals surface area contributed by atoms with E-state index in [1.165, 1.54) is 0 Å². The van der Waals surface area contributed by atoms with E-state index in [0.29, 0.717) is 0 Å². The highest BCUT2D eigenvalue weighted by molar-refractivity contribution is 5.82. The molecule has 0 unspecified atom stereocenters. The lowest BCUT2D eigenvalue weighted by Crippen LogP contribution is -2.46. The van der Waals surface area contributed by atoms with Crippen LogP contribution in [0, 0.1) is 10.8 Å². The number of rotatable bonds is 40. The van der Waals surface area contributed by atoms with Gasteiger partial charge >= 0.3 is 35.8 Å². The minimum absolute atomic E-state index is 0.0180. The standard InChI is InChI=1S/C40H60O19/c1-7-33(41)54-19-13-47-25-39(26-48-14-20-55-34(42)8-2,27-49-15-21-56-35(43)9-3)31-53-32-40(28-50-16-22-57-36(44)10-4,29-51-17-23-58-37(45)11-5)30-52-18-24-59-38(46)12-6/h7-11H,1-5,12-32H2,6H3. The van der Waals surface area contributed by atoms with Crippen LogP contribution in [0.2, 0.25) is 0 Å². The van der Waals surface area contributed by atoms with Gasteiger partial charge in [0, 0.05) is 36.8 Å². The Kier molecular flexibility index (Phi) is 32.4. The van der Waals surface area contributed by atoms with Crippen LogP contribution in [0.1, 0.15) is 13.3 Å². The van der Waals surface area contributed by atoms with Gasteiger partial charge in [0.2, 0.25) is 0 Å². The van der Waals surface area contributed by atoms with Crippen molar-refractivity contribution in [2.45, 2.75) is 13.3 Å². The topological polar surface area (TPSA) is 222 Å². The molecule has 19 heteroatoms. The number of ether oxygens (including phenoxy) is 13. The first-order valence-electron chi connectivity index (χ1n) is 18.6. The zero-order valence-corrected chi connectivity index (χ0v) is 34.0. The molecule has 59 heavy (non-hydrogen) atoms. The predicted molar refractivity (Wildman–Crippen MR) is 208 cm³/mol. The second-order valence-electron chi connectivity index (χ2n) is 12.2. The Bertz CT molecular complexity index is 1190. The van der Waals surface area contributed by atoms with Crippen LogP contribution < -0.4 is 0 Å². The fourth-order valence-electron chi connectivity index (χ4n) is 4.33. The quantitative estimate of drug-likeness (QED) is 0.0370. The van der Waals surface area contributed by atoms with Crippen LogP contribution in [0.3, 0.4) is 0 Å². The van der Waals surface area contributed by atoms with Gasteiger partial charge in [-0.3, -0.25) is 4.79 Å². The average Bonchev–Trinajstić information content (AvgIpc) is 3.24. The van der Waals surface area contributed by atoms with Crippen molar-refractivity contribution in [1.82, 2.24) is 0 Å². The molecule has 0 atom stereocenters. The minimum atomic E-state index is -1.09. The molecule has 0 heterocycles. The largest absolute Gasteiger partial charge is 0.463 e. The summed E-state index contributed by atoms with van der Waals surface area (Å²) in [5.41, 5.74) is -2.17. The maximum Gasteiger partial charge on any atom is 0.330 e. The Balaban J connectivity index is 6.42. The minimum Gasteiger partial charge on any atom is -0.463 e. The Morgan fingerprint density at radius 3 is 0.746 bits per heavy atom. The first kappa shape index (κ1) is 54.2. The van der Waals surface area contributed by atoms with Gasteiger partial charge in [0.05, 0.1) is 103 Å². The third kappa shape index (κ3) is 29.2. The highest BCUT2D eigenvalue weighted by Crippen LogP contribution is 2.25. The van der Waals surface area contributed by atoms with Crippen LogP contribution in [0.25, 0.3) is 0 Å². The number of carbonyl (C=O) groups excluding carboxylic acids is 6. The van der Waals surface area contributed by atoms with Crippen LogP contribution in [0.15, 0.2) is 63.3 Å². The summed E-state index contributed by atoms with van der Waals surface area (Å²) in [6.45, 7) is 17.3. The third-order valence-electron chi connectivity index (χ3n) is 7.24. The van der Waals surface area contributed by atoms with Gasteiger partial charge in [0.1, 0.15) is 39.6 Å². The smallest absolute Gasteiger partial charge is 0.330 e. The summed E-state index contributed by atoms with van der Waals surface area (Å²) in [6, 6.07) is 0. The van der Waals surface area contributed by atoms with Gasteiger partial charge in [-0.15, -0.1) is 0 Å². The molecule has 0 amide bonds. The molecule has 0 aromatic heterocycles. The Labute approximate surface area is 345 Å². The zero-order valence-electron chi connectivity index (χ0n) is 34.0. The molecule has 334 valence electrons. The molecule has 0 saturated carbocycles. The Morgan fingerprint density at radius 1 is 0.339 bits per heavy atom. The van der Waals surface area contributed by atoms with E-state index in [1.54, 1.807) is 6.92 Å². The molecule has 0 aliphatic heterocycles. The molecule has 0 aliphatic carbocycles. The Morgan fingerprint density at radius 2 is 0.542 bits per heavy atom. The van der Waals surface area contributed by atoms with E-state index in [1.807, 2.05) is 0 Å². The lowest BCUT2D eigenvalue weighted by molar-refractivity contribution is -0.157. The molecule has 0 spiro atoms. The molecule has 0 aliphatic rings. The third-order valence-corrected chi connectivity index (χ3v) is 7.24. The van der Waals surface area contributed by atoms with Crippen molar-refractivity contribution in [3.05, 3.63) is 63.3 Å². The summed E-state index contributed by atoms with van der Waals surface area (Å²) in [7, 11) is 0. The summed E-state index contributed by atoms with van der Waals surface area (Å²) >= 11 is 0. The molecule has 0 saturated heterocycles. The fraction of sp³-hybridized carbons (Fsp3) is 0.600. The van der Waals surface area contributed by atoms with Crippen molar-refractivity contribution in [2.75, 3.05) is 132 Å². The van der Waals surface area contributed by atoms with Crippen LogP contribution in [0.5, 0.6) is 0 Å². The highest BCUT2D eigenvalue weighted by Gasteiger charge is 2.37. The van der Waals surface area contributed by atoms with Crippen LogP contribution in [0.4, 0.5) is 0 Å². The zero-order chi connectivity index (χ0) is 44.0. The second-order valence-corrected chi connectivity index (χ2v) is 12.2. The lowest BCUT2D eigenvalue weighted by Gasteiger charge is -2.36. The van der Waals surface area contributed by atoms with Gasteiger partial charge in [-0.25, -0.2) is 24.0 Å². The lowest BCUT2D eigenvalue weighted by atomic mass is 9.90. The van der Waals surface area contributed by atoms with E-state index in [0.717, 1.165) is 30.4 Å². The summed E-state index contributed by atoms with van der Waals surface area (Å²) in [5.74, 6) is -3.58. The molecule has 0 rings (SSSR count). The first-order chi connectivity index (χ1) is 28.4. The van der Waals surface area contributed by atoms with Crippen LogP contribution in [-0.2, 0) is 90.3 Å². The van der Waals surface area contributed by atoms with Crippen LogP contribution in [-0.4, -0.2) is 168 Å². The van der Waals surface area contributed by atoms with Crippen molar-refractivity contribution in [2.24, 2.45) is 10.8 Å². The molecule has 19 nitrogen and oxygen atoms in total. The summed E-state index contributed by atoms with van der Waals surface area (Å²) < 4.78 is 72.1. The molecule has 0 aromatic carbocycles. The predicted octanol–water partition coefficient (Wildman–Crippen LogP) is 1.67. The normalized spacial score (nSPS) is 11.1.